The van der Waals surface area contributed by atoms with Crippen molar-refractivity contribution in [3.05, 3.63) is 35.6 Å². The van der Waals surface area contributed by atoms with Crippen LogP contribution in [0.15, 0.2) is 24.3 Å². The normalized spacial score (nSPS) is 19.6. The highest BCUT2D eigenvalue weighted by molar-refractivity contribution is 5.89. The molecule has 1 aliphatic heterocycles. The number of nitrogens with zero attached hydrogens (tertiary/aromatic N) is 1. The summed E-state index contributed by atoms with van der Waals surface area (Å²) in [5.74, 6) is -0.642. The number of piperazine rings is 1. The van der Waals surface area contributed by atoms with E-state index >= 15 is 0 Å². The molecule has 18 heavy (non-hydrogen) atoms. The number of amides is 2. The van der Waals surface area contributed by atoms with Gasteiger partial charge >= 0.3 is 0 Å². The highest BCUT2D eigenvalue weighted by Crippen LogP contribution is 2.24. The number of nitrogens with one attached hydrogen (secondary N) is 1. The van der Waals surface area contributed by atoms with E-state index in [1.165, 1.54) is 12.1 Å². The van der Waals surface area contributed by atoms with Crippen LogP contribution in [0.3, 0.4) is 0 Å². The van der Waals surface area contributed by atoms with E-state index in [4.69, 9.17) is 0 Å². The second-order valence-electron chi connectivity index (χ2n) is 4.19. The maximum absolute atomic E-state index is 12.9. The summed E-state index contributed by atoms with van der Waals surface area (Å²) in [5.41, 5.74) is 0.635. The Morgan fingerprint density at radius 1 is 1.44 bits per heavy atom. The van der Waals surface area contributed by atoms with Crippen molar-refractivity contribution >= 4 is 11.8 Å². The van der Waals surface area contributed by atoms with E-state index in [9.17, 15) is 14.0 Å². The summed E-state index contributed by atoms with van der Waals surface area (Å²) in [5, 5.41) is 2.73. The minimum atomic E-state index is -0.646. The van der Waals surface area contributed by atoms with Crippen molar-refractivity contribution in [2.24, 2.45) is 0 Å². The van der Waals surface area contributed by atoms with Crippen LogP contribution in [0.25, 0.3) is 0 Å². The van der Waals surface area contributed by atoms with Crippen LogP contribution in [0, 0.1) is 5.82 Å². The maximum atomic E-state index is 12.9. The van der Waals surface area contributed by atoms with E-state index in [0.717, 1.165) is 0 Å². The molecule has 1 atom stereocenters. The van der Waals surface area contributed by atoms with Crippen LogP contribution in [0.2, 0.25) is 0 Å². The molecular formula is C13H15FN2O2. The Kier molecular flexibility index (Phi) is 3.60. The minimum Gasteiger partial charge on any atom is -0.352 e. The summed E-state index contributed by atoms with van der Waals surface area (Å²) < 4.78 is 12.9. The molecule has 1 aromatic rings. The molecule has 1 N–H and O–H groups in total. The molecule has 1 aliphatic rings. The van der Waals surface area contributed by atoms with Gasteiger partial charge in [-0.25, -0.2) is 4.39 Å². The molecule has 1 heterocycles. The third-order valence-electron chi connectivity index (χ3n) is 3.02. The average molecular weight is 250 g/mol. The van der Waals surface area contributed by atoms with Crippen LogP contribution in [0.1, 0.15) is 24.9 Å². The van der Waals surface area contributed by atoms with Crippen molar-refractivity contribution in [1.82, 2.24) is 10.2 Å². The van der Waals surface area contributed by atoms with E-state index in [1.807, 2.05) is 0 Å². The number of carbonyl (C=O) groups excluding carboxylic acids is 2. The third kappa shape index (κ3) is 2.34. The molecule has 0 bridgehead atoms. The van der Waals surface area contributed by atoms with Gasteiger partial charge in [0.1, 0.15) is 11.9 Å². The first-order valence-corrected chi connectivity index (χ1v) is 5.96. The van der Waals surface area contributed by atoms with Gasteiger partial charge in [-0.2, -0.15) is 0 Å². The van der Waals surface area contributed by atoms with Crippen molar-refractivity contribution < 1.29 is 14.0 Å². The Bertz CT molecular complexity index is 459. The second kappa shape index (κ2) is 5.16. The Balaban J connectivity index is 2.32. The van der Waals surface area contributed by atoms with Gasteiger partial charge in [0, 0.05) is 19.5 Å². The molecule has 0 saturated carbocycles. The summed E-state index contributed by atoms with van der Waals surface area (Å²) in [7, 11) is 0. The number of carbonyl (C=O) groups is 2. The first-order chi connectivity index (χ1) is 8.63. The zero-order valence-corrected chi connectivity index (χ0v) is 10.1. The lowest BCUT2D eigenvalue weighted by Crippen LogP contribution is -2.52. The molecule has 1 fully saturated rings. The van der Waals surface area contributed by atoms with Gasteiger partial charge in [0.05, 0.1) is 0 Å². The fraction of sp³-hybridized carbons (Fsp3) is 0.385. The molecule has 0 spiro atoms. The van der Waals surface area contributed by atoms with Crippen molar-refractivity contribution in [3.8, 4) is 0 Å². The molecule has 96 valence electrons. The molecule has 1 saturated heterocycles. The van der Waals surface area contributed by atoms with Crippen molar-refractivity contribution in [2.75, 3.05) is 13.1 Å². The van der Waals surface area contributed by atoms with Gasteiger partial charge < -0.3 is 10.2 Å². The van der Waals surface area contributed by atoms with Gasteiger partial charge in [-0.05, 0) is 17.7 Å². The van der Waals surface area contributed by atoms with Crippen LogP contribution in [-0.2, 0) is 9.59 Å². The predicted molar refractivity (Wildman–Crippen MR) is 64.2 cm³/mol. The third-order valence-corrected chi connectivity index (χ3v) is 3.02. The van der Waals surface area contributed by atoms with Crippen LogP contribution in [-0.4, -0.2) is 29.8 Å². The van der Waals surface area contributed by atoms with Crippen molar-refractivity contribution in [1.29, 1.82) is 0 Å². The molecular weight excluding hydrogens is 235 g/mol. The van der Waals surface area contributed by atoms with Crippen LogP contribution in [0.4, 0.5) is 4.39 Å². The molecule has 2 amide bonds. The number of benzene rings is 1. The highest BCUT2D eigenvalue weighted by Gasteiger charge is 2.33. The van der Waals surface area contributed by atoms with E-state index in [1.54, 1.807) is 24.0 Å². The van der Waals surface area contributed by atoms with Gasteiger partial charge in [0.2, 0.25) is 11.8 Å². The van der Waals surface area contributed by atoms with Gasteiger partial charge in [0.15, 0.2) is 0 Å². The predicted octanol–water partition coefficient (Wildman–Crippen LogP) is 1.24. The van der Waals surface area contributed by atoms with Gasteiger partial charge in [-0.3, -0.25) is 9.59 Å². The number of halogens is 1. The maximum Gasteiger partial charge on any atom is 0.247 e. The zero-order valence-electron chi connectivity index (χ0n) is 10.1. The summed E-state index contributed by atoms with van der Waals surface area (Å²) in [6.45, 7) is 2.71. The Hall–Kier alpha value is -1.91. The highest BCUT2D eigenvalue weighted by atomic mass is 19.1. The molecule has 1 unspecified atom stereocenters. The topological polar surface area (TPSA) is 49.4 Å². The summed E-state index contributed by atoms with van der Waals surface area (Å²) in [4.78, 5) is 25.3. The molecule has 0 aromatic heterocycles. The van der Waals surface area contributed by atoms with Gasteiger partial charge in [-0.1, -0.05) is 19.1 Å². The largest absolute Gasteiger partial charge is 0.352 e. The molecule has 5 heteroatoms. The molecule has 4 nitrogen and oxygen atoms in total. The summed E-state index contributed by atoms with van der Waals surface area (Å²) in [6.07, 6.45) is 0.352. The number of hydrogen-bond acceptors (Lipinski definition) is 2. The Morgan fingerprint density at radius 2 is 2.11 bits per heavy atom. The fourth-order valence-corrected chi connectivity index (χ4v) is 2.12. The van der Waals surface area contributed by atoms with Crippen molar-refractivity contribution in [2.45, 2.75) is 19.4 Å². The standard InChI is InChI=1S/C13H15FN2O2/c1-2-11(17)16-8-7-15-13(18)12(16)9-3-5-10(14)6-4-9/h3-6,12H,2,7-8H2,1H3,(H,15,18). The summed E-state index contributed by atoms with van der Waals surface area (Å²) >= 11 is 0. The molecule has 0 aliphatic carbocycles. The monoisotopic (exact) mass is 250 g/mol. The van der Waals surface area contributed by atoms with Crippen LogP contribution in [0.5, 0.6) is 0 Å². The second-order valence-corrected chi connectivity index (χ2v) is 4.19. The zero-order chi connectivity index (χ0) is 13.1. The molecule has 0 radical (unpaired) electrons. The lowest BCUT2D eigenvalue weighted by molar-refractivity contribution is -0.143. The first kappa shape index (κ1) is 12.5. The smallest absolute Gasteiger partial charge is 0.247 e. The average Bonchev–Trinajstić information content (AvgIpc) is 2.39. The lowest BCUT2D eigenvalue weighted by Gasteiger charge is -2.35. The van der Waals surface area contributed by atoms with Crippen LogP contribution >= 0.6 is 0 Å². The summed E-state index contributed by atoms with van der Waals surface area (Å²) in [6, 6.07) is 5.03. The fourth-order valence-electron chi connectivity index (χ4n) is 2.12. The van der Waals surface area contributed by atoms with E-state index < -0.39 is 6.04 Å². The minimum absolute atomic E-state index is 0.0702. The Morgan fingerprint density at radius 3 is 2.72 bits per heavy atom. The Labute approximate surface area is 105 Å². The van der Waals surface area contributed by atoms with E-state index in [-0.39, 0.29) is 17.6 Å². The SMILES string of the molecule is CCC(=O)N1CCNC(=O)C1c1ccc(F)cc1. The molecule has 2 rings (SSSR count). The van der Waals surface area contributed by atoms with E-state index in [0.29, 0.717) is 25.1 Å². The van der Waals surface area contributed by atoms with Gasteiger partial charge in [-0.15, -0.1) is 0 Å². The van der Waals surface area contributed by atoms with E-state index in [2.05, 4.69) is 5.32 Å². The molecule has 1 aromatic carbocycles. The number of hydrogen-bond donors (Lipinski definition) is 1. The number of rotatable bonds is 2. The quantitative estimate of drug-likeness (QED) is 0.858. The van der Waals surface area contributed by atoms with Gasteiger partial charge in [0.25, 0.3) is 0 Å². The first-order valence-electron chi connectivity index (χ1n) is 5.96. The van der Waals surface area contributed by atoms with Crippen LogP contribution < -0.4 is 5.32 Å². The van der Waals surface area contributed by atoms with Crippen molar-refractivity contribution in [3.63, 3.8) is 0 Å². The lowest BCUT2D eigenvalue weighted by atomic mass is 10.0.